The number of nitrogens with one attached hydrogen (secondary N) is 2. The van der Waals surface area contributed by atoms with E-state index in [-0.39, 0.29) is 18.6 Å². The number of ether oxygens (including phenoxy) is 1. The van der Waals surface area contributed by atoms with Crippen molar-refractivity contribution in [1.82, 2.24) is 10.6 Å². The molecule has 0 fully saturated rings. The first-order valence-corrected chi connectivity index (χ1v) is 6.91. The molecule has 0 aliphatic carbocycles. The zero-order valence-corrected chi connectivity index (χ0v) is 12.3. The Morgan fingerprint density at radius 2 is 1.86 bits per heavy atom. The van der Waals surface area contributed by atoms with Gasteiger partial charge in [0.25, 0.3) is 5.91 Å². The molecule has 116 valence electrons. The Balaban J connectivity index is 2.17. The summed E-state index contributed by atoms with van der Waals surface area (Å²) in [6.07, 6.45) is 0.895. The molecule has 1 aromatic rings. The predicted octanol–water partition coefficient (Wildman–Crippen LogP) is 1.49. The molecular formula is C15H21FN2O3. The van der Waals surface area contributed by atoms with E-state index in [4.69, 9.17) is 4.74 Å². The Bertz CT molecular complexity index is 460. The number of halogens is 1. The van der Waals surface area contributed by atoms with Crippen LogP contribution in [0.1, 0.15) is 30.6 Å². The highest BCUT2D eigenvalue weighted by Gasteiger charge is 2.07. The van der Waals surface area contributed by atoms with Crippen molar-refractivity contribution >= 4 is 11.8 Å². The molecule has 0 unspecified atom stereocenters. The largest absolute Gasteiger partial charge is 0.379 e. The van der Waals surface area contributed by atoms with E-state index in [9.17, 15) is 14.0 Å². The molecule has 6 heteroatoms. The summed E-state index contributed by atoms with van der Waals surface area (Å²) >= 11 is 0. The Morgan fingerprint density at radius 1 is 1.19 bits per heavy atom. The summed E-state index contributed by atoms with van der Waals surface area (Å²) < 4.78 is 18.0. The van der Waals surface area contributed by atoms with Gasteiger partial charge in [-0.05, 0) is 44.5 Å². The van der Waals surface area contributed by atoms with E-state index < -0.39 is 11.7 Å². The third-order valence-corrected chi connectivity index (χ3v) is 2.61. The van der Waals surface area contributed by atoms with Crippen molar-refractivity contribution in [3.05, 3.63) is 35.6 Å². The third-order valence-electron chi connectivity index (χ3n) is 2.61. The Hall–Kier alpha value is -1.95. The van der Waals surface area contributed by atoms with Gasteiger partial charge in [-0.3, -0.25) is 9.59 Å². The van der Waals surface area contributed by atoms with Crippen LogP contribution in [-0.2, 0) is 9.53 Å². The maximum absolute atomic E-state index is 12.7. The normalized spacial score (nSPS) is 10.5. The molecular weight excluding hydrogens is 275 g/mol. The summed E-state index contributed by atoms with van der Waals surface area (Å²) in [5.41, 5.74) is 0.314. The first-order valence-electron chi connectivity index (χ1n) is 6.91. The van der Waals surface area contributed by atoms with E-state index >= 15 is 0 Å². The number of carbonyl (C=O) groups is 2. The van der Waals surface area contributed by atoms with Crippen LogP contribution in [0.15, 0.2) is 24.3 Å². The molecule has 0 saturated heterocycles. The average molecular weight is 296 g/mol. The summed E-state index contributed by atoms with van der Waals surface area (Å²) in [5.74, 6) is -1.09. The van der Waals surface area contributed by atoms with Gasteiger partial charge in [-0.15, -0.1) is 0 Å². The van der Waals surface area contributed by atoms with Crippen LogP contribution >= 0.6 is 0 Å². The van der Waals surface area contributed by atoms with Gasteiger partial charge in [0.15, 0.2) is 0 Å². The quantitative estimate of drug-likeness (QED) is 0.714. The van der Waals surface area contributed by atoms with Crippen LogP contribution in [0.25, 0.3) is 0 Å². The highest BCUT2D eigenvalue weighted by atomic mass is 19.1. The molecule has 0 heterocycles. The van der Waals surface area contributed by atoms with Crippen LogP contribution in [0, 0.1) is 5.82 Å². The Kier molecular flexibility index (Phi) is 7.39. The molecule has 21 heavy (non-hydrogen) atoms. The van der Waals surface area contributed by atoms with Gasteiger partial charge < -0.3 is 15.4 Å². The van der Waals surface area contributed by atoms with Gasteiger partial charge >= 0.3 is 0 Å². The lowest BCUT2D eigenvalue weighted by atomic mass is 10.2. The average Bonchev–Trinajstić information content (AvgIpc) is 2.44. The SMILES string of the molecule is CC(C)OCCCNC(=O)CNC(=O)c1ccc(F)cc1. The molecule has 0 aliphatic rings. The van der Waals surface area contributed by atoms with Gasteiger partial charge in [-0.25, -0.2) is 4.39 Å². The van der Waals surface area contributed by atoms with Crippen molar-refractivity contribution in [2.75, 3.05) is 19.7 Å². The first kappa shape index (κ1) is 17.1. The van der Waals surface area contributed by atoms with E-state index in [0.717, 1.165) is 6.42 Å². The van der Waals surface area contributed by atoms with E-state index in [1.807, 2.05) is 13.8 Å². The Morgan fingerprint density at radius 3 is 2.48 bits per heavy atom. The highest BCUT2D eigenvalue weighted by Crippen LogP contribution is 2.02. The van der Waals surface area contributed by atoms with Gasteiger partial charge in [-0.2, -0.15) is 0 Å². The summed E-state index contributed by atoms with van der Waals surface area (Å²) in [5, 5.41) is 5.15. The van der Waals surface area contributed by atoms with E-state index in [1.54, 1.807) is 0 Å². The number of carbonyl (C=O) groups excluding carboxylic acids is 2. The summed E-state index contributed by atoms with van der Waals surface area (Å²) in [4.78, 5) is 23.2. The molecule has 2 amide bonds. The molecule has 0 spiro atoms. The van der Waals surface area contributed by atoms with Gasteiger partial charge in [0.1, 0.15) is 5.82 Å². The fourth-order valence-electron chi connectivity index (χ4n) is 1.55. The zero-order valence-electron chi connectivity index (χ0n) is 12.3. The number of benzene rings is 1. The monoisotopic (exact) mass is 296 g/mol. The van der Waals surface area contributed by atoms with Crippen molar-refractivity contribution in [3.63, 3.8) is 0 Å². The molecule has 0 radical (unpaired) electrons. The molecule has 0 aromatic heterocycles. The van der Waals surface area contributed by atoms with Crippen LogP contribution in [-0.4, -0.2) is 37.6 Å². The third kappa shape index (κ3) is 7.41. The lowest BCUT2D eigenvalue weighted by Gasteiger charge is -2.09. The molecule has 0 aliphatic heterocycles. The lowest BCUT2D eigenvalue weighted by Crippen LogP contribution is -2.37. The predicted molar refractivity (Wildman–Crippen MR) is 77.4 cm³/mol. The summed E-state index contributed by atoms with van der Waals surface area (Å²) in [6.45, 7) is 4.87. The number of hydrogen-bond donors (Lipinski definition) is 2. The van der Waals surface area contributed by atoms with Crippen molar-refractivity contribution in [2.45, 2.75) is 26.4 Å². The molecule has 1 aromatic carbocycles. The van der Waals surface area contributed by atoms with Crippen LogP contribution in [0.5, 0.6) is 0 Å². The fraction of sp³-hybridized carbons (Fsp3) is 0.467. The lowest BCUT2D eigenvalue weighted by molar-refractivity contribution is -0.120. The van der Waals surface area contributed by atoms with Gasteiger partial charge in [0.2, 0.25) is 5.91 Å². The maximum Gasteiger partial charge on any atom is 0.251 e. The highest BCUT2D eigenvalue weighted by molar-refractivity contribution is 5.96. The maximum atomic E-state index is 12.7. The van der Waals surface area contributed by atoms with Gasteiger partial charge in [0, 0.05) is 18.7 Å². The Labute approximate surface area is 123 Å². The van der Waals surface area contributed by atoms with E-state index in [2.05, 4.69) is 10.6 Å². The minimum absolute atomic E-state index is 0.110. The topological polar surface area (TPSA) is 67.4 Å². The number of amides is 2. The standard InChI is InChI=1S/C15H21FN2O3/c1-11(2)21-9-3-8-17-14(19)10-18-15(20)12-4-6-13(16)7-5-12/h4-7,11H,3,8-10H2,1-2H3,(H,17,19)(H,18,20). The van der Waals surface area contributed by atoms with Crippen LogP contribution in [0.2, 0.25) is 0 Å². The van der Waals surface area contributed by atoms with Gasteiger partial charge in [0.05, 0.1) is 12.6 Å². The van der Waals surface area contributed by atoms with Crippen molar-refractivity contribution in [1.29, 1.82) is 0 Å². The molecule has 0 atom stereocenters. The zero-order chi connectivity index (χ0) is 15.7. The first-order chi connectivity index (χ1) is 9.99. The number of rotatable bonds is 8. The summed E-state index contributed by atoms with van der Waals surface area (Å²) in [6, 6.07) is 5.13. The smallest absolute Gasteiger partial charge is 0.251 e. The van der Waals surface area contributed by atoms with Crippen LogP contribution < -0.4 is 10.6 Å². The minimum Gasteiger partial charge on any atom is -0.379 e. The minimum atomic E-state index is -0.409. The second-order valence-corrected chi connectivity index (χ2v) is 4.81. The molecule has 2 N–H and O–H groups in total. The van der Waals surface area contributed by atoms with E-state index in [1.165, 1.54) is 24.3 Å². The second kappa shape index (κ2) is 9.07. The second-order valence-electron chi connectivity index (χ2n) is 4.81. The van der Waals surface area contributed by atoms with Crippen molar-refractivity contribution in [3.8, 4) is 0 Å². The molecule has 0 saturated carbocycles. The van der Waals surface area contributed by atoms with E-state index in [0.29, 0.717) is 18.7 Å². The summed E-state index contributed by atoms with van der Waals surface area (Å²) in [7, 11) is 0. The van der Waals surface area contributed by atoms with Crippen LogP contribution in [0.4, 0.5) is 4.39 Å². The van der Waals surface area contributed by atoms with Crippen molar-refractivity contribution < 1.29 is 18.7 Å². The number of hydrogen-bond acceptors (Lipinski definition) is 3. The molecule has 1 rings (SSSR count). The molecule has 5 nitrogen and oxygen atoms in total. The van der Waals surface area contributed by atoms with Gasteiger partial charge in [-0.1, -0.05) is 0 Å². The van der Waals surface area contributed by atoms with Crippen LogP contribution in [0.3, 0.4) is 0 Å². The fourth-order valence-corrected chi connectivity index (χ4v) is 1.55. The van der Waals surface area contributed by atoms with Crippen molar-refractivity contribution in [2.24, 2.45) is 0 Å². The molecule has 0 bridgehead atoms.